The highest BCUT2D eigenvalue weighted by Crippen LogP contribution is 2.20. The van der Waals surface area contributed by atoms with Gasteiger partial charge in [0.2, 0.25) is 0 Å². The van der Waals surface area contributed by atoms with Gasteiger partial charge in [-0.3, -0.25) is 9.59 Å². The summed E-state index contributed by atoms with van der Waals surface area (Å²) < 4.78 is 10.4. The van der Waals surface area contributed by atoms with Crippen molar-refractivity contribution in [1.29, 1.82) is 0 Å². The molecule has 2 rings (SSSR count). The van der Waals surface area contributed by atoms with Crippen LogP contribution in [0.4, 0.5) is 9.59 Å². The highest BCUT2D eigenvalue weighted by atomic mass is 16.6. The number of Topliss-reactive ketones (excluding diaryl/α,β-unsaturated/α-hetero) is 2. The number of ether oxygens (including phenoxy) is 2. The molecule has 2 aliphatic rings. The van der Waals surface area contributed by atoms with Crippen molar-refractivity contribution >= 4 is 23.8 Å². The molecule has 2 aliphatic heterocycles. The fraction of sp³-hybridized carbons (Fsp3) is 0.826. The van der Waals surface area contributed by atoms with E-state index in [9.17, 15) is 24.3 Å². The standard InChI is InChI=1S/C12H19NO4.C11H21NO4/c1-8(14)9-7-13(6-5-10(9)15)11(16)17-12(2,3)4;1-11(2,3)16-10(15)12-5-4-9(14)8(6-12)7-13/h9H,5-7H2,1-4H3;8-9,13-14H,4-7H2,1-3H3. The van der Waals surface area contributed by atoms with E-state index in [1.54, 1.807) is 25.7 Å². The van der Waals surface area contributed by atoms with E-state index in [-0.39, 0.29) is 43.2 Å². The number of amides is 2. The summed E-state index contributed by atoms with van der Waals surface area (Å²) in [6, 6.07) is 0. The van der Waals surface area contributed by atoms with Gasteiger partial charge in [-0.2, -0.15) is 0 Å². The Bertz CT molecular complexity index is 710. The predicted molar refractivity (Wildman–Crippen MR) is 121 cm³/mol. The number of rotatable bonds is 2. The summed E-state index contributed by atoms with van der Waals surface area (Å²) in [6.07, 6.45) is -0.647. The first-order valence-electron chi connectivity index (χ1n) is 11.3. The minimum absolute atomic E-state index is 0.0858. The summed E-state index contributed by atoms with van der Waals surface area (Å²) in [6.45, 7) is 13.3. The molecule has 2 N–H and O–H groups in total. The average molecular weight is 473 g/mol. The van der Waals surface area contributed by atoms with E-state index in [0.717, 1.165) is 0 Å². The zero-order valence-electron chi connectivity index (χ0n) is 20.9. The molecule has 0 aliphatic carbocycles. The number of likely N-dealkylation sites (tertiary alicyclic amines) is 2. The Morgan fingerprint density at radius 3 is 1.85 bits per heavy atom. The van der Waals surface area contributed by atoms with Crippen molar-refractivity contribution < 1.29 is 38.9 Å². The molecule has 2 heterocycles. The zero-order valence-corrected chi connectivity index (χ0v) is 20.9. The van der Waals surface area contributed by atoms with Crippen molar-refractivity contribution in [2.75, 3.05) is 32.8 Å². The highest BCUT2D eigenvalue weighted by molar-refractivity contribution is 6.02. The van der Waals surface area contributed by atoms with Gasteiger partial charge in [0.1, 0.15) is 22.8 Å². The minimum atomic E-state index is -0.684. The van der Waals surface area contributed by atoms with E-state index in [2.05, 4.69) is 0 Å². The lowest BCUT2D eigenvalue weighted by atomic mass is 9.93. The average Bonchev–Trinajstić information content (AvgIpc) is 2.66. The third-order valence-corrected chi connectivity index (χ3v) is 5.14. The second kappa shape index (κ2) is 11.8. The third-order valence-electron chi connectivity index (χ3n) is 5.14. The predicted octanol–water partition coefficient (Wildman–Crippen LogP) is 2.00. The van der Waals surface area contributed by atoms with Crippen LogP contribution >= 0.6 is 0 Å². The van der Waals surface area contributed by atoms with E-state index >= 15 is 0 Å². The van der Waals surface area contributed by atoms with Crippen LogP contribution in [-0.4, -0.2) is 93.9 Å². The van der Waals surface area contributed by atoms with Gasteiger partial charge in [0.15, 0.2) is 0 Å². The lowest BCUT2D eigenvalue weighted by Crippen LogP contribution is -2.48. The van der Waals surface area contributed by atoms with E-state index in [1.165, 1.54) is 11.8 Å². The SMILES string of the molecule is CC(=O)C1CN(C(=O)OC(C)(C)C)CCC1=O.CC(C)(C)OC(=O)N1CCC(O)C(CO)C1. The Morgan fingerprint density at radius 1 is 0.939 bits per heavy atom. The maximum absolute atomic E-state index is 11.8. The van der Waals surface area contributed by atoms with Crippen molar-refractivity contribution in [3.05, 3.63) is 0 Å². The highest BCUT2D eigenvalue weighted by Gasteiger charge is 2.34. The smallest absolute Gasteiger partial charge is 0.410 e. The van der Waals surface area contributed by atoms with Gasteiger partial charge >= 0.3 is 12.2 Å². The van der Waals surface area contributed by atoms with Crippen molar-refractivity contribution in [3.63, 3.8) is 0 Å². The van der Waals surface area contributed by atoms with Crippen molar-refractivity contribution in [3.8, 4) is 0 Å². The van der Waals surface area contributed by atoms with Gasteiger partial charge in [-0.1, -0.05) is 0 Å². The molecule has 0 saturated carbocycles. The molecule has 2 fully saturated rings. The number of aliphatic hydroxyl groups excluding tert-OH is 2. The maximum Gasteiger partial charge on any atom is 0.410 e. The molecule has 3 atom stereocenters. The van der Waals surface area contributed by atoms with Gasteiger partial charge in [0.05, 0.1) is 18.6 Å². The number of carbonyl (C=O) groups is 4. The number of ketones is 2. The molecule has 2 amide bonds. The summed E-state index contributed by atoms with van der Waals surface area (Å²) >= 11 is 0. The van der Waals surface area contributed by atoms with Crippen molar-refractivity contribution in [2.24, 2.45) is 11.8 Å². The van der Waals surface area contributed by atoms with Crippen LogP contribution in [0.1, 0.15) is 61.3 Å². The molecule has 190 valence electrons. The summed E-state index contributed by atoms with van der Waals surface area (Å²) in [7, 11) is 0. The Kier molecular flexibility index (Phi) is 10.3. The van der Waals surface area contributed by atoms with Crippen LogP contribution in [0.5, 0.6) is 0 Å². The lowest BCUT2D eigenvalue weighted by Gasteiger charge is -2.36. The Morgan fingerprint density at radius 2 is 1.42 bits per heavy atom. The van der Waals surface area contributed by atoms with Crippen LogP contribution in [0.3, 0.4) is 0 Å². The summed E-state index contributed by atoms with van der Waals surface area (Å²) in [5, 5.41) is 18.6. The molecule has 0 aromatic carbocycles. The van der Waals surface area contributed by atoms with Gasteiger partial charge in [-0.05, 0) is 54.9 Å². The first kappa shape index (κ1) is 28.8. The largest absolute Gasteiger partial charge is 0.444 e. The lowest BCUT2D eigenvalue weighted by molar-refractivity contribution is -0.134. The normalized spacial score (nSPS) is 23.9. The van der Waals surface area contributed by atoms with Gasteiger partial charge in [-0.25, -0.2) is 9.59 Å². The molecular formula is C23H40N2O8. The Hall–Kier alpha value is -2.20. The Balaban J connectivity index is 0.000000331. The first-order valence-corrected chi connectivity index (χ1v) is 11.3. The molecule has 0 bridgehead atoms. The molecule has 3 unspecified atom stereocenters. The van der Waals surface area contributed by atoms with Crippen LogP contribution in [0, 0.1) is 11.8 Å². The molecule has 0 radical (unpaired) electrons. The van der Waals surface area contributed by atoms with Crippen LogP contribution < -0.4 is 0 Å². The zero-order chi connectivity index (χ0) is 25.6. The van der Waals surface area contributed by atoms with Gasteiger partial charge in [0.25, 0.3) is 0 Å². The number of hydrogen-bond acceptors (Lipinski definition) is 8. The minimum Gasteiger partial charge on any atom is -0.444 e. The summed E-state index contributed by atoms with van der Waals surface area (Å²) in [4.78, 5) is 49.2. The Labute approximate surface area is 196 Å². The molecule has 0 aromatic heterocycles. The fourth-order valence-corrected chi connectivity index (χ4v) is 3.37. The van der Waals surface area contributed by atoms with Crippen LogP contribution in [0.2, 0.25) is 0 Å². The molecule has 33 heavy (non-hydrogen) atoms. The fourth-order valence-electron chi connectivity index (χ4n) is 3.37. The molecule has 10 heteroatoms. The first-order chi connectivity index (χ1) is 15.0. The maximum atomic E-state index is 11.8. The molecule has 10 nitrogen and oxygen atoms in total. The van der Waals surface area contributed by atoms with E-state index in [0.29, 0.717) is 26.1 Å². The van der Waals surface area contributed by atoms with Crippen LogP contribution in [0.15, 0.2) is 0 Å². The van der Waals surface area contributed by atoms with Gasteiger partial charge in [-0.15, -0.1) is 0 Å². The number of nitrogens with zero attached hydrogens (tertiary/aromatic N) is 2. The van der Waals surface area contributed by atoms with Crippen molar-refractivity contribution in [1.82, 2.24) is 9.80 Å². The second-order valence-corrected chi connectivity index (χ2v) is 10.5. The quantitative estimate of drug-likeness (QED) is 0.583. The second-order valence-electron chi connectivity index (χ2n) is 10.5. The van der Waals surface area contributed by atoms with Gasteiger partial charge in [0, 0.05) is 38.5 Å². The van der Waals surface area contributed by atoms with E-state index in [4.69, 9.17) is 14.6 Å². The van der Waals surface area contributed by atoms with Crippen LogP contribution in [0.25, 0.3) is 0 Å². The number of aliphatic hydroxyl groups is 2. The monoisotopic (exact) mass is 472 g/mol. The molecular weight excluding hydrogens is 432 g/mol. The van der Waals surface area contributed by atoms with Crippen molar-refractivity contribution in [2.45, 2.75) is 78.6 Å². The summed E-state index contributed by atoms with van der Waals surface area (Å²) in [5.74, 6) is -1.22. The van der Waals surface area contributed by atoms with E-state index < -0.39 is 29.3 Å². The summed E-state index contributed by atoms with van der Waals surface area (Å²) in [5.41, 5.74) is -1.08. The topological polar surface area (TPSA) is 134 Å². The van der Waals surface area contributed by atoms with Gasteiger partial charge < -0.3 is 29.5 Å². The molecule has 0 spiro atoms. The third kappa shape index (κ3) is 10.1. The van der Waals surface area contributed by atoms with Crippen LogP contribution in [-0.2, 0) is 19.1 Å². The molecule has 0 aromatic rings. The molecule has 2 saturated heterocycles. The number of piperidine rings is 2. The number of hydrogen-bond donors (Lipinski definition) is 2. The van der Waals surface area contributed by atoms with E-state index in [1.807, 2.05) is 20.8 Å². The number of carbonyl (C=O) groups excluding carboxylic acids is 4.